The third kappa shape index (κ3) is 5.87. The number of ether oxygens (including phenoxy) is 2. The van der Waals surface area contributed by atoms with Gasteiger partial charge in [0.15, 0.2) is 5.06 Å². The smallest absolute Gasteiger partial charge is 0.159 e. The van der Waals surface area contributed by atoms with Crippen molar-refractivity contribution in [2.45, 2.75) is 76.2 Å². The number of halogens is 1. The highest BCUT2D eigenvalue weighted by molar-refractivity contribution is 6.24. The zero-order valence-corrected chi connectivity index (χ0v) is 16.9. The van der Waals surface area contributed by atoms with Crippen molar-refractivity contribution in [2.24, 2.45) is 0 Å². The first-order valence-electron chi connectivity index (χ1n) is 9.37. The molecule has 1 aliphatic rings. The van der Waals surface area contributed by atoms with Crippen molar-refractivity contribution < 1.29 is 14.6 Å². The van der Waals surface area contributed by atoms with E-state index in [-0.39, 0.29) is 11.9 Å². The largest absolute Gasteiger partial charge is 0.510 e. The van der Waals surface area contributed by atoms with Crippen molar-refractivity contribution in [3.05, 3.63) is 59.9 Å². The van der Waals surface area contributed by atoms with Gasteiger partial charge in [-0.1, -0.05) is 61.0 Å². The Hall–Kier alpha value is -1.29. The molecule has 1 aromatic rings. The lowest BCUT2D eigenvalue weighted by atomic mass is 9.81. The minimum atomic E-state index is -0.969. The highest BCUT2D eigenvalue weighted by Crippen LogP contribution is 2.42. The minimum Gasteiger partial charge on any atom is -0.510 e. The summed E-state index contributed by atoms with van der Waals surface area (Å²) in [6.07, 6.45) is 5.87. The summed E-state index contributed by atoms with van der Waals surface area (Å²) in [6, 6.07) is 10.2. The summed E-state index contributed by atoms with van der Waals surface area (Å²) >= 11 is 6.57. The fourth-order valence-electron chi connectivity index (χ4n) is 3.42. The SMILES string of the molecule is C=C(O)C1(O[C@@](C)(Cl)/C=C(/C)CC)CCC(OCc2ccccc2)CC1. The summed E-state index contributed by atoms with van der Waals surface area (Å²) in [7, 11) is 0. The third-order valence-electron chi connectivity index (χ3n) is 5.05. The van der Waals surface area contributed by atoms with Crippen LogP contribution in [0.15, 0.2) is 54.3 Å². The Labute approximate surface area is 162 Å². The molecule has 144 valence electrons. The quantitative estimate of drug-likeness (QED) is 0.328. The van der Waals surface area contributed by atoms with E-state index in [1.807, 2.05) is 38.1 Å². The van der Waals surface area contributed by atoms with Gasteiger partial charge in [-0.05, 0) is 57.6 Å². The van der Waals surface area contributed by atoms with E-state index in [0.29, 0.717) is 19.4 Å². The molecular formula is C22H31ClO3. The topological polar surface area (TPSA) is 38.7 Å². The molecule has 1 saturated carbocycles. The number of hydrogen-bond acceptors (Lipinski definition) is 3. The van der Waals surface area contributed by atoms with E-state index in [4.69, 9.17) is 21.1 Å². The van der Waals surface area contributed by atoms with Gasteiger partial charge in [0.25, 0.3) is 0 Å². The summed E-state index contributed by atoms with van der Waals surface area (Å²) < 4.78 is 12.2. The molecule has 1 fully saturated rings. The molecule has 0 aromatic heterocycles. The van der Waals surface area contributed by atoms with Crippen LogP contribution in [-0.2, 0) is 16.1 Å². The molecule has 1 aromatic carbocycles. The molecule has 4 heteroatoms. The molecule has 1 aliphatic carbocycles. The molecule has 1 N–H and O–H groups in total. The zero-order chi connectivity index (χ0) is 19.2. The predicted molar refractivity (Wildman–Crippen MR) is 107 cm³/mol. The van der Waals surface area contributed by atoms with Crippen molar-refractivity contribution in [1.29, 1.82) is 0 Å². The first-order chi connectivity index (χ1) is 12.3. The number of alkyl halides is 1. The highest BCUT2D eigenvalue weighted by atomic mass is 35.5. The summed E-state index contributed by atoms with van der Waals surface area (Å²) in [5, 5.41) is 9.27. The third-order valence-corrected chi connectivity index (χ3v) is 5.24. The predicted octanol–water partition coefficient (Wildman–Crippen LogP) is 6.28. The van der Waals surface area contributed by atoms with E-state index in [9.17, 15) is 5.11 Å². The van der Waals surface area contributed by atoms with Gasteiger partial charge in [0.1, 0.15) is 11.4 Å². The number of hydrogen-bond donors (Lipinski definition) is 1. The summed E-state index contributed by atoms with van der Waals surface area (Å²) in [5.41, 5.74) is 1.51. The average Bonchev–Trinajstić information content (AvgIpc) is 2.61. The van der Waals surface area contributed by atoms with E-state index >= 15 is 0 Å². The summed E-state index contributed by atoms with van der Waals surface area (Å²) in [4.78, 5) is 0. The lowest BCUT2D eigenvalue weighted by Gasteiger charge is -2.42. The van der Waals surface area contributed by atoms with Crippen molar-refractivity contribution in [3.8, 4) is 0 Å². The second-order valence-corrected chi connectivity index (χ2v) is 8.12. The van der Waals surface area contributed by atoms with Gasteiger partial charge in [0, 0.05) is 0 Å². The lowest BCUT2D eigenvalue weighted by molar-refractivity contribution is -0.126. The molecule has 1 atom stereocenters. The van der Waals surface area contributed by atoms with Crippen LogP contribution in [0.5, 0.6) is 0 Å². The Kier molecular flexibility index (Phi) is 7.33. The number of aliphatic hydroxyl groups excluding tert-OH is 1. The van der Waals surface area contributed by atoms with Crippen LogP contribution in [0.25, 0.3) is 0 Å². The van der Waals surface area contributed by atoms with Gasteiger partial charge in [0.2, 0.25) is 0 Å². The first kappa shape index (κ1) is 21.0. The molecule has 26 heavy (non-hydrogen) atoms. The standard InChI is InChI=1S/C22H31ClO3/c1-5-17(2)15-21(4,23)26-22(18(3)24)13-11-20(12-14-22)25-16-19-9-7-6-8-10-19/h6-10,15,20,24H,3,5,11-14,16H2,1-2,4H3/b17-15-/t20?,21-,22?/m1/s1. The molecule has 0 heterocycles. The van der Waals surface area contributed by atoms with Crippen molar-refractivity contribution in [2.75, 3.05) is 0 Å². The number of allylic oxidation sites excluding steroid dienone is 1. The molecule has 0 amide bonds. The fourth-order valence-corrected chi connectivity index (χ4v) is 3.75. The Bertz CT molecular complexity index is 614. The molecule has 0 unspecified atom stereocenters. The maximum atomic E-state index is 10.2. The number of aliphatic hydroxyl groups is 1. The molecule has 0 aliphatic heterocycles. The first-order valence-corrected chi connectivity index (χ1v) is 9.75. The van der Waals surface area contributed by atoms with Crippen LogP contribution in [-0.4, -0.2) is 21.9 Å². The van der Waals surface area contributed by atoms with Gasteiger partial charge < -0.3 is 14.6 Å². The minimum absolute atomic E-state index is 0.0495. The number of benzene rings is 1. The van der Waals surface area contributed by atoms with Crippen LogP contribution in [0.3, 0.4) is 0 Å². The van der Waals surface area contributed by atoms with Crippen LogP contribution in [0.4, 0.5) is 0 Å². The van der Waals surface area contributed by atoms with Gasteiger partial charge in [-0.2, -0.15) is 0 Å². The van der Waals surface area contributed by atoms with Gasteiger partial charge in [0.05, 0.1) is 12.7 Å². The molecule has 0 radical (unpaired) electrons. The zero-order valence-electron chi connectivity index (χ0n) is 16.1. The van der Waals surface area contributed by atoms with Gasteiger partial charge in [-0.25, -0.2) is 0 Å². The van der Waals surface area contributed by atoms with E-state index in [0.717, 1.165) is 24.8 Å². The van der Waals surface area contributed by atoms with Crippen LogP contribution in [0.1, 0.15) is 58.4 Å². The monoisotopic (exact) mass is 378 g/mol. The van der Waals surface area contributed by atoms with Crippen molar-refractivity contribution in [1.82, 2.24) is 0 Å². The molecular weight excluding hydrogens is 348 g/mol. The molecule has 3 nitrogen and oxygen atoms in total. The summed E-state index contributed by atoms with van der Waals surface area (Å²) in [6.45, 7) is 10.3. The van der Waals surface area contributed by atoms with Crippen molar-refractivity contribution in [3.63, 3.8) is 0 Å². The van der Waals surface area contributed by atoms with E-state index in [1.165, 1.54) is 5.56 Å². The maximum Gasteiger partial charge on any atom is 0.159 e. The molecule has 0 spiro atoms. The number of rotatable bonds is 8. The van der Waals surface area contributed by atoms with E-state index in [2.05, 4.69) is 25.6 Å². The highest BCUT2D eigenvalue weighted by Gasteiger charge is 2.43. The Morgan fingerprint density at radius 2 is 1.96 bits per heavy atom. The lowest BCUT2D eigenvalue weighted by Crippen LogP contribution is -2.45. The van der Waals surface area contributed by atoms with Crippen LogP contribution in [0.2, 0.25) is 0 Å². The molecule has 0 saturated heterocycles. The Balaban J connectivity index is 1.96. The van der Waals surface area contributed by atoms with E-state index < -0.39 is 10.7 Å². The van der Waals surface area contributed by atoms with Crippen molar-refractivity contribution >= 4 is 11.6 Å². The van der Waals surface area contributed by atoms with Gasteiger partial charge >= 0.3 is 0 Å². The maximum absolute atomic E-state index is 10.2. The fraction of sp³-hybridized carbons (Fsp3) is 0.545. The second-order valence-electron chi connectivity index (χ2n) is 7.37. The van der Waals surface area contributed by atoms with Crippen LogP contribution < -0.4 is 0 Å². The van der Waals surface area contributed by atoms with E-state index in [1.54, 1.807) is 0 Å². The second kappa shape index (κ2) is 9.07. The molecule has 2 rings (SSSR count). The Morgan fingerprint density at radius 3 is 2.50 bits per heavy atom. The molecule has 0 bridgehead atoms. The van der Waals surface area contributed by atoms with Crippen LogP contribution in [0, 0.1) is 0 Å². The van der Waals surface area contributed by atoms with Gasteiger partial charge in [-0.15, -0.1) is 0 Å². The average molecular weight is 379 g/mol. The van der Waals surface area contributed by atoms with Gasteiger partial charge in [-0.3, -0.25) is 0 Å². The summed E-state index contributed by atoms with van der Waals surface area (Å²) in [5.74, 6) is 0.0495. The normalized spacial score (nSPS) is 26.3. The Morgan fingerprint density at radius 1 is 1.35 bits per heavy atom. The van der Waals surface area contributed by atoms with Crippen LogP contribution >= 0.6 is 11.6 Å².